The molecule has 2 aromatic rings. The number of phenols is 1. The van der Waals surface area contributed by atoms with Crippen molar-refractivity contribution in [3.8, 4) is 5.75 Å². The smallest absolute Gasteiger partial charge is 0.326 e. The second-order valence-electron chi connectivity index (χ2n) is 6.73. The summed E-state index contributed by atoms with van der Waals surface area (Å²) in [6.45, 7) is 0.128. The average molecular weight is 493 g/mol. The highest BCUT2D eigenvalue weighted by molar-refractivity contribution is 7.91. The Hall–Kier alpha value is -1.85. The minimum atomic E-state index is -4.01. The average Bonchev–Trinajstić information content (AvgIpc) is 3.31. The van der Waals surface area contributed by atoms with E-state index >= 15 is 0 Å². The topological polar surface area (TPSA) is 124 Å². The molecule has 2 atom stereocenters. The molecule has 0 saturated carbocycles. The Labute approximate surface area is 187 Å². The van der Waals surface area contributed by atoms with Crippen molar-refractivity contribution in [3.63, 3.8) is 0 Å². The van der Waals surface area contributed by atoms with E-state index < -0.39 is 34.0 Å². The fourth-order valence-electron chi connectivity index (χ4n) is 3.20. The lowest BCUT2D eigenvalue weighted by Crippen LogP contribution is -2.51. The van der Waals surface area contributed by atoms with E-state index in [-0.39, 0.29) is 38.7 Å². The first-order valence-corrected chi connectivity index (χ1v) is 11.9. The standard InChI is InChI=1S/C18H18Cl2N2O6S2/c19-12-9-15(29-16(12)20)30(27,28)22-7-1-2-14(22)17(24)21-13(18(25)26)8-10-3-5-11(23)6-4-10/h3-6,9,13-14,23H,1-2,7-8H2,(H,21,24)(H,25,26)/t13-,14-/m0/s1. The third-order valence-electron chi connectivity index (χ3n) is 4.68. The number of aliphatic carboxylic acids is 1. The molecular weight excluding hydrogens is 475 g/mol. The fourth-order valence-corrected chi connectivity index (χ4v) is 6.86. The van der Waals surface area contributed by atoms with E-state index in [1.807, 2.05) is 0 Å². The molecule has 0 bridgehead atoms. The van der Waals surface area contributed by atoms with Gasteiger partial charge >= 0.3 is 5.97 Å². The Morgan fingerprint density at radius 2 is 1.93 bits per heavy atom. The van der Waals surface area contributed by atoms with Crippen LogP contribution in [0.4, 0.5) is 0 Å². The second-order valence-corrected chi connectivity index (χ2v) is 10.9. The summed E-state index contributed by atoms with van der Waals surface area (Å²) < 4.78 is 27.0. The molecule has 2 heterocycles. The molecule has 0 aliphatic carbocycles. The molecule has 1 aromatic heterocycles. The molecule has 162 valence electrons. The molecular formula is C18H18Cl2N2O6S2. The summed E-state index contributed by atoms with van der Waals surface area (Å²) in [5.41, 5.74) is 0.597. The van der Waals surface area contributed by atoms with E-state index in [1.165, 1.54) is 18.2 Å². The monoisotopic (exact) mass is 492 g/mol. The number of carboxylic acid groups (broad SMARTS) is 1. The van der Waals surface area contributed by atoms with Gasteiger partial charge in [0.05, 0.1) is 5.02 Å². The molecule has 1 aliphatic heterocycles. The summed E-state index contributed by atoms with van der Waals surface area (Å²) in [5.74, 6) is -1.90. The van der Waals surface area contributed by atoms with E-state index in [0.717, 1.165) is 15.6 Å². The first kappa shape index (κ1) is 22.8. The summed E-state index contributed by atoms with van der Waals surface area (Å²) in [5, 5.41) is 21.4. The van der Waals surface area contributed by atoms with Crippen molar-refractivity contribution >= 4 is 56.4 Å². The SMILES string of the molecule is O=C(O)[C@H](Cc1ccc(O)cc1)NC(=O)[C@@H]1CCCN1S(=O)(=O)c1cc(Cl)c(Cl)s1. The van der Waals surface area contributed by atoms with Gasteiger partial charge in [-0.05, 0) is 36.6 Å². The van der Waals surface area contributed by atoms with Crippen LogP contribution in [0.25, 0.3) is 0 Å². The van der Waals surface area contributed by atoms with Crippen LogP contribution in [0.5, 0.6) is 5.75 Å². The molecule has 30 heavy (non-hydrogen) atoms. The van der Waals surface area contributed by atoms with Crippen LogP contribution in [0.15, 0.2) is 34.5 Å². The summed E-state index contributed by atoms with van der Waals surface area (Å²) in [7, 11) is -4.01. The minimum absolute atomic E-state index is 0.0169. The Bertz CT molecular complexity index is 1040. The number of thiophene rings is 1. The number of benzene rings is 1. The Morgan fingerprint density at radius 1 is 1.27 bits per heavy atom. The number of hydrogen-bond donors (Lipinski definition) is 3. The number of sulfonamides is 1. The molecule has 1 amide bonds. The van der Waals surface area contributed by atoms with E-state index in [1.54, 1.807) is 12.1 Å². The number of aromatic hydroxyl groups is 1. The zero-order valence-corrected chi connectivity index (χ0v) is 18.6. The van der Waals surface area contributed by atoms with Crippen molar-refractivity contribution in [2.75, 3.05) is 6.54 Å². The maximum Gasteiger partial charge on any atom is 0.326 e. The molecule has 3 N–H and O–H groups in total. The molecule has 8 nitrogen and oxygen atoms in total. The van der Waals surface area contributed by atoms with Crippen LogP contribution in [0, 0.1) is 0 Å². The highest BCUT2D eigenvalue weighted by atomic mass is 35.5. The van der Waals surface area contributed by atoms with Crippen molar-refractivity contribution in [1.82, 2.24) is 9.62 Å². The van der Waals surface area contributed by atoms with Crippen molar-refractivity contribution in [1.29, 1.82) is 0 Å². The normalized spacial score (nSPS) is 18.3. The van der Waals surface area contributed by atoms with Crippen LogP contribution in [0.1, 0.15) is 18.4 Å². The summed E-state index contributed by atoms with van der Waals surface area (Å²) >= 11 is 12.5. The number of nitrogens with one attached hydrogen (secondary N) is 1. The van der Waals surface area contributed by atoms with Crippen molar-refractivity contribution in [2.45, 2.75) is 35.6 Å². The van der Waals surface area contributed by atoms with Crippen LogP contribution < -0.4 is 5.32 Å². The van der Waals surface area contributed by atoms with Gasteiger partial charge < -0.3 is 15.5 Å². The zero-order valence-electron chi connectivity index (χ0n) is 15.4. The van der Waals surface area contributed by atoms with Crippen LogP contribution in [0.3, 0.4) is 0 Å². The molecule has 1 fully saturated rings. The van der Waals surface area contributed by atoms with Gasteiger partial charge in [0, 0.05) is 13.0 Å². The van der Waals surface area contributed by atoms with Crippen molar-refractivity contribution in [3.05, 3.63) is 45.3 Å². The Balaban J connectivity index is 1.76. The Morgan fingerprint density at radius 3 is 2.50 bits per heavy atom. The van der Waals surface area contributed by atoms with Gasteiger partial charge in [-0.3, -0.25) is 4.79 Å². The van der Waals surface area contributed by atoms with Gasteiger partial charge in [0.1, 0.15) is 26.4 Å². The maximum atomic E-state index is 13.0. The fraction of sp³-hybridized carbons (Fsp3) is 0.333. The molecule has 0 unspecified atom stereocenters. The second kappa shape index (κ2) is 9.11. The number of halogens is 2. The van der Waals surface area contributed by atoms with Gasteiger partial charge in [-0.15, -0.1) is 11.3 Å². The van der Waals surface area contributed by atoms with Gasteiger partial charge in [-0.25, -0.2) is 13.2 Å². The first-order valence-electron chi connectivity index (χ1n) is 8.87. The van der Waals surface area contributed by atoms with E-state index in [0.29, 0.717) is 12.0 Å². The third-order valence-corrected chi connectivity index (χ3v) is 8.91. The molecule has 1 aliphatic rings. The number of rotatable bonds is 7. The number of carboxylic acids is 1. The first-order chi connectivity index (χ1) is 14.1. The molecule has 1 saturated heterocycles. The van der Waals surface area contributed by atoms with Crippen LogP contribution in [-0.4, -0.2) is 53.4 Å². The number of carbonyl (C=O) groups excluding carboxylic acids is 1. The quantitative estimate of drug-likeness (QED) is 0.545. The van der Waals surface area contributed by atoms with Gasteiger partial charge in [-0.1, -0.05) is 35.3 Å². The Kier molecular flexibility index (Phi) is 6.93. The highest BCUT2D eigenvalue weighted by Gasteiger charge is 2.41. The van der Waals surface area contributed by atoms with Crippen LogP contribution >= 0.6 is 34.5 Å². The van der Waals surface area contributed by atoms with Gasteiger partial charge in [0.25, 0.3) is 10.0 Å². The predicted molar refractivity (Wildman–Crippen MR) is 113 cm³/mol. The van der Waals surface area contributed by atoms with E-state index in [2.05, 4.69) is 5.32 Å². The molecule has 0 spiro atoms. The molecule has 3 rings (SSSR count). The summed E-state index contributed by atoms with van der Waals surface area (Å²) in [4.78, 5) is 24.4. The highest BCUT2D eigenvalue weighted by Crippen LogP contribution is 2.37. The minimum Gasteiger partial charge on any atom is -0.508 e. The van der Waals surface area contributed by atoms with E-state index in [9.17, 15) is 28.2 Å². The lowest BCUT2D eigenvalue weighted by molar-refractivity contribution is -0.142. The number of hydrogen-bond acceptors (Lipinski definition) is 6. The van der Waals surface area contributed by atoms with Crippen molar-refractivity contribution < 1.29 is 28.2 Å². The molecule has 12 heteroatoms. The van der Waals surface area contributed by atoms with Crippen LogP contribution in [0.2, 0.25) is 9.36 Å². The van der Waals surface area contributed by atoms with Gasteiger partial charge in [0.2, 0.25) is 5.91 Å². The summed E-state index contributed by atoms with van der Waals surface area (Å²) in [6.07, 6.45) is 0.709. The number of phenolic OH excluding ortho intramolecular Hbond substituents is 1. The third kappa shape index (κ3) is 4.89. The predicted octanol–water partition coefficient (Wildman–Crippen LogP) is 2.73. The van der Waals surface area contributed by atoms with Crippen molar-refractivity contribution in [2.24, 2.45) is 0 Å². The maximum absolute atomic E-state index is 13.0. The van der Waals surface area contributed by atoms with Gasteiger partial charge in [0.15, 0.2) is 0 Å². The zero-order chi connectivity index (χ0) is 22.1. The number of nitrogens with zero attached hydrogens (tertiary/aromatic N) is 1. The number of carbonyl (C=O) groups is 2. The molecule has 0 radical (unpaired) electrons. The lowest BCUT2D eigenvalue weighted by Gasteiger charge is -2.24. The van der Waals surface area contributed by atoms with Crippen LogP contribution in [-0.2, 0) is 26.0 Å². The largest absolute Gasteiger partial charge is 0.508 e. The summed E-state index contributed by atoms with van der Waals surface area (Å²) in [6, 6.07) is 4.88. The lowest BCUT2D eigenvalue weighted by atomic mass is 10.1. The molecule has 1 aromatic carbocycles. The van der Waals surface area contributed by atoms with E-state index in [4.69, 9.17) is 23.2 Å². The number of amides is 1. The van der Waals surface area contributed by atoms with Gasteiger partial charge in [-0.2, -0.15) is 4.31 Å².